The van der Waals surface area contributed by atoms with Gasteiger partial charge in [0.2, 0.25) is 10.0 Å². The van der Waals surface area contributed by atoms with E-state index in [9.17, 15) is 22.9 Å². The molecule has 0 atom stereocenters. The van der Waals surface area contributed by atoms with Crippen molar-refractivity contribution >= 4 is 21.4 Å². The number of nitro groups is 1. The summed E-state index contributed by atoms with van der Waals surface area (Å²) in [6.45, 7) is 1.22. The largest absolute Gasteiger partial charge is 0.379 e. The second kappa shape index (κ2) is 8.21. The first-order valence-corrected chi connectivity index (χ1v) is 10.0. The Bertz CT molecular complexity index is 977. The van der Waals surface area contributed by atoms with Crippen LogP contribution < -0.4 is 4.90 Å². The van der Waals surface area contributed by atoms with Gasteiger partial charge in [-0.25, -0.2) is 12.8 Å². The van der Waals surface area contributed by atoms with Crippen LogP contribution in [0.4, 0.5) is 15.8 Å². The monoisotopic (exact) mass is 409 g/mol. The van der Waals surface area contributed by atoms with Crippen molar-refractivity contribution in [1.82, 2.24) is 4.31 Å². The molecule has 0 bridgehead atoms. The quantitative estimate of drug-likeness (QED) is 0.537. The van der Waals surface area contributed by atoms with Crippen molar-refractivity contribution < 1.29 is 22.5 Å². The lowest BCUT2D eigenvalue weighted by atomic mass is 10.2. The maximum Gasteiger partial charge on any atom is 0.293 e. The zero-order valence-electron chi connectivity index (χ0n) is 15.2. The summed E-state index contributed by atoms with van der Waals surface area (Å²) in [5.41, 5.74) is 0.560. The van der Waals surface area contributed by atoms with Gasteiger partial charge in [-0.15, -0.1) is 0 Å². The first kappa shape index (κ1) is 20.2. The van der Waals surface area contributed by atoms with Gasteiger partial charge in [-0.3, -0.25) is 10.1 Å². The Labute approximate surface area is 162 Å². The summed E-state index contributed by atoms with van der Waals surface area (Å²) in [5, 5.41) is 11.6. The van der Waals surface area contributed by atoms with Crippen LogP contribution in [0.25, 0.3) is 0 Å². The standard InChI is InChI=1S/C18H20FN3O5S/c1-20(13-14-3-2-4-15(19)11-14)17-6-5-16(12-18(17)22(23)24)28(25,26)21-7-9-27-10-8-21/h2-6,11-12H,7-10,13H2,1H3. The Kier molecular flexibility index (Phi) is 5.92. The normalized spacial score (nSPS) is 15.4. The van der Waals surface area contributed by atoms with E-state index in [0.717, 1.165) is 6.07 Å². The second-order valence-electron chi connectivity index (χ2n) is 6.41. The molecule has 8 nitrogen and oxygen atoms in total. The maximum absolute atomic E-state index is 13.4. The summed E-state index contributed by atoms with van der Waals surface area (Å²) in [7, 11) is -2.22. The van der Waals surface area contributed by atoms with Crippen LogP contribution >= 0.6 is 0 Å². The molecule has 1 heterocycles. The van der Waals surface area contributed by atoms with E-state index in [1.807, 2.05) is 0 Å². The summed E-state index contributed by atoms with van der Waals surface area (Å²) in [6, 6.07) is 9.77. The van der Waals surface area contributed by atoms with Crippen LogP contribution in [0.5, 0.6) is 0 Å². The van der Waals surface area contributed by atoms with Gasteiger partial charge < -0.3 is 9.64 Å². The molecule has 2 aromatic rings. The maximum atomic E-state index is 13.4. The third-order valence-electron chi connectivity index (χ3n) is 4.47. The van der Waals surface area contributed by atoms with E-state index in [4.69, 9.17) is 4.74 Å². The lowest BCUT2D eigenvalue weighted by molar-refractivity contribution is -0.384. The average molecular weight is 409 g/mol. The van der Waals surface area contributed by atoms with E-state index in [2.05, 4.69) is 0 Å². The Balaban J connectivity index is 1.91. The van der Waals surface area contributed by atoms with Crippen molar-refractivity contribution in [1.29, 1.82) is 0 Å². The smallest absolute Gasteiger partial charge is 0.293 e. The summed E-state index contributed by atoms with van der Waals surface area (Å²) in [6.07, 6.45) is 0. The third kappa shape index (κ3) is 4.29. The van der Waals surface area contributed by atoms with E-state index < -0.39 is 20.8 Å². The lowest BCUT2D eigenvalue weighted by Crippen LogP contribution is -2.40. The van der Waals surface area contributed by atoms with Gasteiger partial charge in [0, 0.05) is 32.7 Å². The minimum atomic E-state index is -3.84. The van der Waals surface area contributed by atoms with Gasteiger partial charge in [0.15, 0.2) is 0 Å². The fourth-order valence-electron chi connectivity index (χ4n) is 3.06. The molecule has 0 spiro atoms. The molecule has 2 aromatic carbocycles. The summed E-state index contributed by atoms with van der Waals surface area (Å²) in [4.78, 5) is 12.4. The molecule has 1 aliphatic heterocycles. The number of halogens is 1. The molecule has 0 N–H and O–H groups in total. The Morgan fingerprint density at radius 1 is 1.21 bits per heavy atom. The molecule has 0 aromatic heterocycles. The van der Waals surface area contributed by atoms with Crippen molar-refractivity contribution in [2.24, 2.45) is 0 Å². The minimum Gasteiger partial charge on any atom is -0.379 e. The number of anilines is 1. The molecular weight excluding hydrogens is 389 g/mol. The van der Waals surface area contributed by atoms with Gasteiger partial charge in [-0.05, 0) is 29.8 Å². The highest BCUT2D eigenvalue weighted by atomic mass is 32.2. The summed E-state index contributed by atoms with van der Waals surface area (Å²) in [5.74, 6) is -0.396. The van der Waals surface area contributed by atoms with Crippen LogP contribution in [0.15, 0.2) is 47.4 Å². The van der Waals surface area contributed by atoms with Crippen LogP contribution in [0.1, 0.15) is 5.56 Å². The zero-order valence-corrected chi connectivity index (χ0v) is 16.1. The average Bonchev–Trinajstić information content (AvgIpc) is 2.68. The van der Waals surface area contributed by atoms with Crippen LogP contribution in [0.3, 0.4) is 0 Å². The molecule has 0 amide bonds. The Morgan fingerprint density at radius 2 is 1.93 bits per heavy atom. The van der Waals surface area contributed by atoms with Crippen molar-refractivity contribution in [3.05, 3.63) is 64.0 Å². The molecule has 150 valence electrons. The fourth-order valence-corrected chi connectivity index (χ4v) is 4.49. The number of hydrogen-bond donors (Lipinski definition) is 0. The van der Waals surface area contributed by atoms with Crippen molar-refractivity contribution in [2.45, 2.75) is 11.4 Å². The highest BCUT2D eigenvalue weighted by molar-refractivity contribution is 7.89. The third-order valence-corrected chi connectivity index (χ3v) is 6.37. The molecule has 1 fully saturated rings. The number of sulfonamides is 1. The summed E-state index contributed by atoms with van der Waals surface area (Å²) >= 11 is 0. The number of nitro benzene ring substituents is 1. The van der Waals surface area contributed by atoms with Crippen LogP contribution in [-0.4, -0.2) is 51.0 Å². The van der Waals surface area contributed by atoms with Gasteiger partial charge in [0.1, 0.15) is 11.5 Å². The van der Waals surface area contributed by atoms with Gasteiger partial charge in [-0.1, -0.05) is 12.1 Å². The Morgan fingerprint density at radius 3 is 2.57 bits per heavy atom. The SMILES string of the molecule is CN(Cc1cccc(F)c1)c1ccc(S(=O)(=O)N2CCOCC2)cc1[N+](=O)[O-]. The molecule has 1 aliphatic rings. The molecule has 0 radical (unpaired) electrons. The number of nitrogens with zero attached hydrogens (tertiary/aromatic N) is 3. The van der Waals surface area contributed by atoms with Crippen molar-refractivity contribution in [3.8, 4) is 0 Å². The molecule has 3 rings (SSSR count). The molecule has 0 aliphatic carbocycles. The lowest BCUT2D eigenvalue weighted by Gasteiger charge is -2.26. The van der Waals surface area contributed by atoms with Gasteiger partial charge in [0.05, 0.1) is 23.0 Å². The number of morpholine rings is 1. The summed E-state index contributed by atoms with van der Waals surface area (Å²) < 4.78 is 45.3. The second-order valence-corrected chi connectivity index (χ2v) is 8.35. The number of benzene rings is 2. The van der Waals surface area contributed by atoms with Gasteiger partial charge in [-0.2, -0.15) is 4.31 Å². The van der Waals surface area contributed by atoms with E-state index in [0.29, 0.717) is 5.56 Å². The Hall–Kier alpha value is -2.56. The van der Waals surface area contributed by atoms with Crippen LogP contribution in [-0.2, 0) is 21.3 Å². The van der Waals surface area contributed by atoms with E-state index in [1.54, 1.807) is 24.1 Å². The highest BCUT2D eigenvalue weighted by Gasteiger charge is 2.29. The van der Waals surface area contributed by atoms with Crippen LogP contribution in [0, 0.1) is 15.9 Å². The predicted octanol–water partition coefficient (Wildman–Crippen LogP) is 2.39. The molecule has 28 heavy (non-hydrogen) atoms. The number of rotatable bonds is 6. The molecular formula is C18H20FN3O5S. The molecule has 0 saturated carbocycles. The highest BCUT2D eigenvalue weighted by Crippen LogP contribution is 2.32. The van der Waals surface area contributed by atoms with Gasteiger partial charge in [0.25, 0.3) is 5.69 Å². The van der Waals surface area contributed by atoms with Crippen molar-refractivity contribution in [2.75, 3.05) is 38.3 Å². The number of hydrogen-bond acceptors (Lipinski definition) is 6. The predicted molar refractivity (Wildman–Crippen MR) is 101 cm³/mol. The molecule has 10 heteroatoms. The zero-order chi connectivity index (χ0) is 20.3. The minimum absolute atomic E-state index is 0.135. The number of ether oxygens (including phenoxy) is 1. The van der Waals surface area contributed by atoms with E-state index in [1.165, 1.54) is 28.6 Å². The first-order chi connectivity index (χ1) is 13.3. The van der Waals surface area contributed by atoms with Gasteiger partial charge >= 0.3 is 0 Å². The first-order valence-electron chi connectivity index (χ1n) is 8.61. The topological polar surface area (TPSA) is 93.0 Å². The van der Waals surface area contributed by atoms with E-state index in [-0.39, 0.29) is 49.1 Å². The molecule has 0 unspecified atom stereocenters. The molecule has 1 saturated heterocycles. The van der Waals surface area contributed by atoms with Crippen LogP contribution in [0.2, 0.25) is 0 Å². The fraction of sp³-hybridized carbons (Fsp3) is 0.333. The van der Waals surface area contributed by atoms with Crippen molar-refractivity contribution in [3.63, 3.8) is 0 Å². The van der Waals surface area contributed by atoms with E-state index >= 15 is 0 Å².